The van der Waals surface area contributed by atoms with Gasteiger partial charge in [0.2, 0.25) is 0 Å². The molecule has 0 spiro atoms. The summed E-state index contributed by atoms with van der Waals surface area (Å²) in [7, 11) is 0. The molecule has 0 aromatic heterocycles. The lowest BCUT2D eigenvalue weighted by Gasteiger charge is -2.06. The van der Waals surface area contributed by atoms with Crippen molar-refractivity contribution in [1.29, 1.82) is 0 Å². The van der Waals surface area contributed by atoms with Crippen LogP contribution in [0.4, 0.5) is 13.2 Å². The maximum Gasteiger partial charge on any atom is 0.441 e. The molecule has 14 heavy (non-hydrogen) atoms. The summed E-state index contributed by atoms with van der Waals surface area (Å²) >= 11 is 5.73. The van der Waals surface area contributed by atoms with Gasteiger partial charge in [-0.15, -0.1) is 0 Å². The van der Waals surface area contributed by atoms with Crippen LogP contribution in [0.25, 0.3) is 0 Å². The summed E-state index contributed by atoms with van der Waals surface area (Å²) in [5.41, 5.74) is -3.46. The highest BCUT2D eigenvalue weighted by Gasteiger charge is 2.27. The molecule has 0 bridgehead atoms. The van der Waals surface area contributed by atoms with E-state index >= 15 is 0 Å². The van der Waals surface area contributed by atoms with Gasteiger partial charge in [-0.25, -0.2) is 0 Å². The second kappa shape index (κ2) is 4.94. The maximum absolute atomic E-state index is 11.8. The lowest BCUT2D eigenvalue weighted by molar-refractivity contribution is -0.0327. The van der Waals surface area contributed by atoms with Crippen molar-refractivity contribution in [2.45, 2.75) is 11.9 Å². The Labute approximate surface area is 89.4 Å². The van der Waals surface area contributed by atoms with Crippen molar-refractivity contribution in [2.24, 2.45) is 0 Å². The molecule has 1 radical (unpaired) electrons. The number of rotatable bonds is 3. The van der Waals surface area contributed by atoms with Gasteiger partial charge in [-0.3, -0.25) is 0 Å². The quantitative estimate of drug-likeness (QED) is 0.770. The third kappa shape index (κ3) is 4.24. The highest BCUT2D eigenvalue weighted by atomic mass is 35.5. The van der Waals surface area contributed by atoms with Gasteiger partial charge in [0, 0.05) is 10.8 Å². The Balaban J connectivity index is 2.43. The van der Waals surface area contributed by atoms with Crippen LogP contribution >= 0.6 is 23.4 Å². The van der Waals surface area contributed by atoms with Gasteiger partial charge in [0.1, 0.15) is 0 Å². The average molecular weight is 240 g/mol. The van der Waals surface area contributed by atoms with E-state index in [1.165, 1.54) is 0 Å². The number of halogens is 4. The second-order valence-corrected chi connectivity index (χ2v) is 4.13. The van der Waals surface area contributed by atoms with Crippen molar-refractivity contribution < 1.29 is 13.2 Å². The van der Waals surface area contributed by atoms with Crippen LogP contribution in [0.15, 0.2) is 18.2 Å². The molecule has 0 fully saturated rings. The standard InChI is InChI=1S/C9H7ClF3S/c10-8-4-2-1-3-7(8)5-6-14-9(11,12)13/h2-4H,5-6H2. The van der Waals surface area contributed by atoms with Gasteiger partial charge in [-0.1, -0.05) is 29.4 Å². The molecule has 0 N–H and O–H groups in total. The molecule has 0 unspecified atom stereocenters. The van der Waals surface area contributed by atoms with E-state index in [0.29, 0.717) is 17.0 Å². The van der Waals surface area contributed by atoms with Crippen molar-refractivity contribution >= 4 is 23.4 Å². The lowest BCUT2D eigenvalue weighted by Crippen LogP contribution is -2.03. The lowest BCUT2D eigenvalue weighted by atomic mass is 10.2. The van der Waals surface area contributed by atoms with Crippen LogP contribution in [-0.4, -0.2) is 11.3 Å². The van der Waals surface area contributed by atoms with Crippen molar-refractivity contribution in [3.8, 4) is 0 Å². The van der Waals surface area contributed by atoms with E-state index in [9.17, 15) is 13.2 Å². The molecule has 0 aliphatic carbocycles. The Hall–Kier alpha value is -0.350. The number of hydrogen-bond donors (Lipinski definition) is 0. The zero-order valence-electron chi connectivity index (χ0n) is 7.07. The molecular weight excluding hydrogens is 233 g/mol. The van der Waals surface area contributed by atoms with Gasteiger partial charge >= 0.3 is 5.51 Å². The number of alkyl halides is 3. The predicted molar refractivity (Wildman–Crippen MR) is 52.5 cm³/mol. The Bertz CT molecular complexity index is 298. The summed E-state index contributed by atoms with van der Waals surface area (Å²) in [4.78, 5) is 0. The number of thioether (sulfide) groups is 1. The van der Waals surface area contributed by atoms with Crippen molar-refractivity contribution in [2.75, 3.05) is 5.75 Å². The normalized spacial score (nSPS) is 11.7. The molecule has 0 amide bonds. The largest absolute Gasteiger partial charge is 0.441 e. The van der Waals surface area contributed by atoms with Crippen LogP contribution in [0.1, 0.15) is 5.56 Å². The van der Waals surface area contributed by atoms with E-state index in [0.717, 1.165) is 0 Å². The van der Waals surface area contributed by atoms with Crippen LogP contribution in [0.5, 0.6) is 0 Å². The summed E-state index contributed by atoms with van der Waals surface area (Å²) in [6.45, 7) is 0. The minimum absolute atomic E-state index is 0.0128. The zero-order chi connectivity index (χ0) is 10.6. The van der Waals surface area contributed by atoms with Gasteiger partial charge in [0.15, 0.2) is 0 Å². The van der Waals surface area contributed by atoms with Crippen molar-refractivity contribution in [3.05, 3.63) is 34.9 Å². The van der Waals surface area contributed by atoms with Gasteiger partial charge in [-0.2, -0.15) is 13.2 Å². The minimum Gasteiger partial charge on any atom is -0.160 e. The molecule has 1 aromatic rings. The first kappa shape index (κ1) is 11.7. The zero-order valence-corrected chi connectivity index (χ0v) is 8.64. The van der Waals surface area contributed by atoms with Crippen LogP contribution in [0, 0.1) is 6.07 Å². The smallest absolute Gasteiger partial charge is 0.160 e. The summed E-state index contributed by atoms with van der Waals surface area (Å²) in [5, 5.41) is 0.492. The van der Waals surface area contributed by atoms with E-state index in [-0.39, 0.29) is 17.5 Å². The fraction of sp³-hybridized carbons (Fsp3) is 0.333. The second-order valence-electron chi connectivity index (χ2n) is 2.56. The van der Waals surface area contributed by atoms with E-state index < -0.39 is 5.51 Å². The number of benzene rings is 1. The molecule has 1 aromatic carbocycles. The third-order valence-electron chi connectivity index (χ3n) is 1.53. The number of hydrogen-bond acceptors (Lipinski definition) is 1. The Morgan fingerprint density at radius 1 is 1.43 bits per heavy atom. The third-order valence-corrected chi connectivity index (χ3v) is 2.63. The summed E-state index contributed by atoms with van der Waals surface area (Å²) < 4.78 is 35.3. The molecule has 5 heteroatoms. The number of aryl methyl sites for hydroxylation is 1. The predicted octanol–water partition coefficient (Wildman–Crippen LogP) is 3.94. The molecule has 0 saturated heterocycles. The van der Waals surface area contributed by atoms with Gasteiger partial charge in [0.25, 0.3) is 0 Å². The molecule has 1 rings (SSSR count). The molecule has 0 saturated carbocycles. The van der Waals surface area contributed by atoms with E-state index in [1.54, 1.807) is 18.2 Å². The van der Waals surface area contributed by atoms with E-state index in [2.05, 4.69) is 6.07 Å². The first-order chi connectivity index (χ1) is 6.49. The Morgan fingerprint density at radius 3 is 2.71 bits per heavy atom. The first-order valence-corrected chi connectivity index (χ1v) is 5.20. The van der Waals surface area contributed by atoms with Crippen LogP contribution in [-0.2, 0) is 6.42 Å². The van der Waals surface area contributed by atoms with Gasteiger partial charge in [-0.05, 0) is 30.2 Å². The van der Waals surface area contributed by atoms with Crippen LogP contribution in [0.2, 0.25) is 5.02 Å². The highest BCUT2D eigenvalue weighted by molar-refractivity contribution is 8.00. The van der Waals surface area contributed by atoms with Crippen LogP contribution in [0.3, 0.4) is 0 Å². The minimum atomic E-state index is -4.16. The summed E-state index contributed by atoms with van der Waals surface area (Å²) in [5.74, 6) is -0.0128. The monoisotopic (exact) mass is 239 g/mol. The van der Waals surface area contributed by atoms with Gasteiger partial charge < -0.3 is 0 Å². The van der Waals surface area contributed by atoms with E-state index in [4.69, 9.17) is 11.6 Å². The van der Waals surface area contributed by atoms with E-state index in [1.807, 2.05) is 0 Å². The molecule has 0 aliphatic heterocycles. The molecule has 0 aliphatic rings. The van der Waals surface area contributed by atoms with Crippen LogP contribution < -0.4 is 0 Å². The van der Waals surface area contributed by atoms with Crippen molar-refractivity contribution in [3.63, 3.8) is 0 Å². The topological polar surface area (TPSA) is 0 Å². The fourth-order valence-electron chi connectivity index (χ4n) is 0.914. The summed E-state index contributed by atoms with van der Waals surface area (Å²) in [6.07, 6.45) is 0.306. The fourth-order valence-corrected chi connectivity index (χ4v) is 1.68. The molecule has 0 atom stereocenters. The Kier molecular flexibility index (Phi) is 4.13. The summed E-state index contributed by atoms with van der Waals surface area (Å²) in [6, 6.07) is 7.63. The maximum atomic E-state index is 11.8. The SMILES string of the molecule is FC(F)(F)SCCc1c[c]ccc1Cl. The molecule has 0 heterocycles. The Morgan fingerprint density at radius 2 is 2.14 bits per heavy atom. The van der Waals surface area contributed by atoms with Gasteiger partial charge in [0.05, 0.1) is 0 Å². The average Bonchev–Trinajstić information content (AvgIpc) is 2.06. The van der Waals surface area contributed by atoms with Crippen molar-refractivity contribution in [1.82, 2.24) is 0 Å². The molecule has 0 nitrogen and oxygen atoms in total. The molecule has 77 valence electrons. The highest BCUT2D eigenvalue weighted by Crippen LogP contribution is 2.31. The molecular formula is C9H7ClF3S. The first-order valence-electron chi connectivity index (χ1n) is 3.84.